The molecule has 0 bridgehead atoms. The lowest BCUT2D eigenvalue weighted by atomic mass is 9.99. The van der Waals surface area contributed by atoms with Crippen LogP contribution < -0.4 is 0 Å². The van der Waals surface area contributed by atoms with E-state index < -0.39 is 0 Å². The van der Waals surface area contributed by atoms with E-state index in [9.17, 15) is 5.11 Å². The summed E-state index contributed by atoms with van der Waals surface area (Å²) in [7, 11) is 0. The van der Waals surface area contributed by atoms with Crippen LogP contribution in [0.4, 0.5) is 0 Å². The van der Waals surface area contributed by atoms with Crippen LogP contribution in [0, 0.1) is 5.92 Å². The normalized spacial score (nSPS) is 17.1. The van der Waals surface area contributed by atoms with Crippen LogP contribution in [0.25, 0.3) is 0 Å². The molecule has 1 nitrogen and oxygen atoms in total. The fraction of sp³-hybridized carbons (Fsp3) is 0.286. The summed E-state index contributed by atoms with van der Waals surface area (Å²) in [6.45, 7) is 0. The summed E-state index contributed by atoms with van der Waals surface area (Å²) in [4.78, 5) is 0. The first-order chi connectivity index (χ1) is 7.36. The van der Waals surface area contributed by atoms with Crippen LogP contribution in [-0.2, 0) is 0 Å². The van der Waals surface area contributed by atoms with Crippen molar-refractivity contribution in [1.29, 1.82) is 0 Å². The van der Waals surface area contributed by atoms with Crippen molar-refractivity contribution >= 4 is 0 Å². The van der Waals surface area contributed by atoms with Crippen LogP contribution >= 0.6 is 0 Å². The molecule has 1 heteroatoms. The molecule has 15 heavy (non-hydrogen) atoms. The topological polar surface area (TPSA) is 20.2 Å². The van der Waals surface area contributed by atoms with Gasteiger partial charge in [-0.2, -0.15) is 0 Å². The highest BCUT2D eigenvalue weighted by Gasteiger charge is 2.10. The maximum Gasteiger partial charge on any atom is 0.0790 e. The second kappa shape index (κ2) is 4.94. The molecule has 0 fully saturated rings. The van der Waals surface area contributed by atoms with Crippen molar-refractivity contribution in [3.8, 4) is 0 Å². The number of benzene rings is 1. The van der Waals surface area contributed by atoms with Gasteiger partial charge in [0.15, 0.2) is 0 Å². The van der Waals surface area contributed by atoms with Gasteiger partial charge >= 0.3 is 0 Å². The molecule has 2 rings (SSSR count). The molecule has 1 aliphatic rings. The molecule has 0 amide bonds. The summed E-state index contributed by atoms with van der Waals surface area (Å²) in [5.41, 5.74) is 1.02. The lowest BCUT2D eigenvalue weighted by Gasteiger charge is -2.12. The van der Waals surface area contributed by atoms with Gasteiger partial charge in [0.05, 0.1) is 6.10 Å². The van der Waals surface area contributed by atoms with Crippen molar-refractivity contribution in [2.45, 2.75) is 18.9 Å². The number of aliphatic hydroxyl groups is 1. The summed E-state index contributed by atoms with van der Waals surface area (Å²) in [5, 5.41) is 9.93. The van der Waals surface area contributed by atoms with Gasteiger partial charge in [0.1, 0.15) is 0 Å². The fourth-order valence-corrected chi connectivity index (χ4v) is 1.86. The van der Waals surface area contributed by atoms with E-state index in [0.717, 1.165) is 18.4 Å². The Hall–Kier alpha value is -1.34. The van der Waals surface area contributed by atoms with Crippen LogP contribution in [0.1, 0.15) is 24.5 Å². The fourth-order valence-electron chi connectivity index (χ4n) is 1.86. The number of allylic oxidation sites excluding steroid dienone is 4. The van der Waals surface area contributed by atoms with Crippen molar-refractivity contribution in [3.05, 3.63) is 60.2 Å². The van der Waals surface area contributed by atoms with Gasteiger partial charge < -0.3 is 5.11 Å². The summed E-state index contributed by atoms with van der Waals surface area (Å²) >= 11 is 0. The second-order valence-electron chi connectivity index (χ2n) is 3.94. The van der Waals surface area contributed by atoms with E-state index >= 15 is 0 Å². The van der Waals surface area contributed by atoms with E-state index in [1.165, 1.54) is 0 Å². The summed E-state index contributed by atoms with van der Waals surface area (Å²) < 4.78 is 0. The molecule has 0 radical (unpaired) electrons. The van der Waals surface area contributed by atoms with Crippen molar-refractivity contribution in [2.75, 3.05) is 0 Å². The third-order valence-corrected chi connectivity index (χ3v) is 2.79. The molecule has 0 spiro atoms. The zero-order valence-corrected chi connectivity index (χ0v) is 8.71. The van der Waals surface area contributed by atoms with E-state index in [1.54, 1.807) is 0 Å². The number of rotatable bonds is 4. The van der Waals surface area contributed by atoms with Crippen molar-refractivity contribution in [1.82, 2.24) is 0 Å². The molecule has 0 saturated carbocycles. The van der Waals surface area contributed by atoms with Gasteiger partial charge in [0.2, 0.25) is 0 Å². The smallest absolute Gasteiger partial charge is 0.0790 e. The first-order valence-corrected chi connectivity index (χ1v) is 5.44. The van der Waals surface area contributed by atoms with Crippen LogP contribution in [0.5, 0.6) is 0 Å². The molecule has 0 heterocycles. The Bertz CT molecular complexity index is 339. The van der Waals surface area contributed by atoms with E-state index in [-0.39, 0.29) is 6.10 Å². The summed E-state index contributed by atoms with van der Waals surface area (Å²) in [5.74, 6) is 0.517. The largest absolute Gasteiger partial charge is 0.388 e. The van der Waals surface area contributed by atoms with Crippen molar-refractivity contribution < 1.29 is 5.11 Å². The Balaban J connectivity index is 1.85. The molecular formula is C14H16O. The van der Waals surface area contributed by atoms with E-state index in [2.05, 4.69) is 24.3 Å². The zero-order valence-electron chi connectivity index (χ0n) is 8.71. The Labute approximate surface area is 90.8 Å². The van der Waals surface area contributed by atoms with Gasteiger partial charge in [-0.3, -0.25) is 0 Å². The van der Waals surface area contributed by atoms with Gasteiger partial charge in [0, 0.05) is 0 Å². The van der Waals surface area contributed by atoms with E-state index in [1.807, 2.05) is 30.3 Å². The Morgan fingerprint density at radius 3 is 2.40 bits per heavy atom. The lowest BCUT2D eigenvalue weighted by molar-refractivity contribution is 0.162. The van der Waals surface area contributed by atoms with Crippen molar-refractivity contribution in [3.63, 3.8) is 0 Å². The van der Waals surface area contributed by atoms with Crippen LogP contribution in [-0.4, -0.2) is 5.11 Å². The van der Waals surface area contributed by atoms with E-state index in [4.69, 9.17) is 0 Å². The quantitative estimate of drug-likeness (QED) is 0.791. The Morgan fingerprint density at radius 2 is 1.73 bits per heavy atom. The Morgan fingerprint density at radius 1 is 1.07 bits per heavy atom. The van der Waals surface area contributed by atoms with Crippen LogP contribution in [0.15, 0.2) is 54.6 Å². The minimum Gasteiger partial charge on any atom is -0.388 e. The standard InChI is InChI=1S/C14H16O/c15-14(13-8-2-1-3-9-13)11-10-12-6-4-5-7-12/h1-9,12,14-15H,10-11H2. The zero-order chi connectivity index (χ0) is 10.5. The molecular weight excluding hydrogens is 184 g/mol. The minimum absolute atomic E-state index is 0.325. The highest BCUT2D eigenvalue weighted by molar-refractivity contribution is 5.19. The maximum atomic E-state index is 9.93. The van der Waals surface area contributed by atoms with Crippen molar-refractivity contribution in [2.24, 2.45) is 5.92 Å². The number of hydrogen-bond donors (Lipinski definition) is 1. The molecule has 1 aromatic carbocycles. The average molecular weight is 200 g/mol. The predicted molar refractivity (Wildman–Crippen MR) is 62.4 cm³/mol. The molecule has 1 N–H and O–H groups in total. The monoisotopic (exact) mass is 200 g/mol. The molecule has 0 saturated heterocycles. The van der Waals surface area contributed by atoms with Crippen LogP contribution in [0.2, 0.25) is 0 Å². The molecule has 0 aliphatic heterocycles. The molecule has 1 unspecified atom stereocenters. The number of aliphatic hydroxyl groups excluding tert-OH is 1. The van der Waals surface area contributed by atoms with Gasteiger partial charge in [0.25, 0.3) is 0 Å². The predicted octanol–water partition coefficient (Wildman–Crippen LogP) is 3.24. The third kappa shape index (κ3) is 2.80. The van der Waals surface area contributed by atoms with Gasteiger partial charge in [-0.25, -0.2) is 0 Å². The summed E-state index contributed by atoms with van der Waals surface area (Å²) in [6, 6.07) is 9.86. The maximum absolute atomic E-state index is 9.93. The minimum atomic E-state index is -0.325. The SMILES string of the molecule is OC(CCC1C=CC=C1)c1ccccc1. The van der Waals surface area contributed by atoms with E-state index in [0.29, 0.717) is 5.92 Å². The lowest BCUT2D eigenvalue weighted by Crippen LogP contribution is -2.00. The highest BCUT2D eigenvalue weighted by atomic mass is 16.3. The second-order valence-corrected chi connectivity index (χ2v) is 3.94. The molecule has 1 atom stereocenters. The third-order valence-electron chi connectivity index (χ3n) is 2.79. The first-order valence-electron chi connectivity index (χ1n) is 5.44. The summed E-state index contributed by atoms with van der Waals surface area (Å²) in [6.07, 6.45) is 10.0. The average Bonchev–Trinajstić information content (AvgIpc) is 2.80. The Kier molecular flexibility index (Phi) is 3.36. The highest BCUT2D eigenvalue weighted by Crippen LogP contribution is 2.23. The first kappa shape index (κ1) is 10.2. The molecule has 78 valence electrons. The molecule has 0 aromatic heterocycles. The number of hydrogen-bond acceptors (Lipinski definition) is 1. The molecule has 1 aliphatic carbocycles. The van der Waals surface area contributed by atoms with Gasteiger partial charge in [-0.05, 0) is 24.3 Å². The van der Waals surface area contributed by atoms with Gasteiger partial charge in [-0.15, -0.1) is 0 Å². The van der Waals surface area contributed by atoms with Crippen LogP contribution in [0.3, 0.4) is 0 Å². The molecule has 1 aromatic rings. The van der Waals surface area contributed by atoms with Gasteiger partial charge in [-0.1, -0.05) is 54.6 Å².